The second kappa shape index (κ2) is 14.9. The maximum atomic E-state index is 13.0. The highest BCUT2D eigenvalue weighted by molar-refractivity contribution is 7.97. The van der Waals surface area contributed by atoms with Crippen molar-refractivity contribution in [2.75, 3.05) is 19.7 Å². The van der Waals surface area contributed by atoms with Crippen molar-refractivity contribution in [3.8, 4) is 17.1 Å². The van der Waals surface area contributed by atoms with Gasteiger partial charge in [0.05, 0.1) is 17.9 Å². The van der Waals surface area contributed by atoms with Crippen LogP contribution in [-0.4, -0.2) is 43.6 Å². The van der Waals surface area contributed by atoms with E-state index in [4.69, 9.17) is 9.84 Å². The van der Waals surface area contributed by atoms with Gasteiger partial charge in [-0.3, -0.25) is 4.79 Å². The first-order valence-corrected chi connectivity index (χ1v) is 14.0. The Balaban J connectivity index is 0.00000210. The smallest absolute Gasteiger partial charge is 0.277 e. The summed E-state index contributed by atoms with van der Waals surface area (Å²) < 4.78 is 10.2. The van der Waals surface area contributed by atoms with E-state index >= 15 is 0 Å². The molecule has 3 aromatic rings. The van der Waals surface area contributed by atoms with Crippen LogP contribution in [0.3, 0.4) is 0 Å². The molecule has 0 radical (unpaired) electrons. The number of H-pyrrole nitrogens is 1. The standard InChI is InChI=1S/C25H37N5O2S.C2H6/c1-6-10-15-29(14-8-3)33-19-12-13-21(32-16-9-4)20(17-19)24-27-25(31)23-18(5)26-22(11-7-2)30(23)28-24;1-2/h12-13,17H,6-11,14-16H2,1-5H3,(H,27,28,31);1-2H3. The lowest BCUT2D eigenvalue weighted by molar-refractivity contribution is 0.318. The molecule has 0 saturated heterocycles. The number of hydrogen-bond donors (Lipinski definition) is 1. The van der Waals surface area contributed by atoms with E-state index < -0.39 is 0 Å². The third-order valence-electron chi connectivity index (χ3n) is 5.35. The number of fused-ring (bicyclic) bond motifs is 1. The summed E-state index contributed by atoms with van der Waals surface area (Å²) in [6.45, 7) is 17.2. The van der Waals surface area contributed by atoms with Gasteiger partial charge in [-0.05, 0) is 62.8 Å². The Hall–Kier alpha value is -2.32. The van der Waals surface area contributed by atoms with Crippen LogP contribution < -0.4 is 10.3 Å². The molecule has 3 rings (SSSR count). The Bertz CT molecular complexity index is 1110. The Labute approximate surface area is 214 Å². The number of imidazole rings is 1. The predicted octanol–water partition coefficient (Wildman–Crippen LogP) is 6.68. The molecule has 0 amide bonds. The first-order valence-electron chi connectivity index (χ1n) is 13.2. The minimum absolute atomic E-state index is 0.178. The van der Waals surface area contributed by atoms with Gasteiger partial charge in [0, 0.05) is 24.4 Å². The third-order valence-corrected chi connectivity index (χ3v) is 6.44. The second-order valence-electron chi connectivity index (χ2n) is 8.31. The van der Waals surface area contributed by atoms with Gasteiger partial charge in [0.15, 0.2) is 11.3 Å². The molecule has 35 heavy (non-hydrogen) atoms. The monoisotopic (exact) mass is 501 g/mol. The number of unbranched alkanes of at least 4 members (excludes halogenated alkanes) is 1. The number of ether oxygens (including phenoxy) is 1. The van der Waals surface area contributed by atoms with Crippen LogP contribution in [0, 0.1) is 6.92 Å². The number of aromatic amines is 1. The van der Waals surface area contributed by atoms with Gasteiger partial charge in [0.1, 0.15) is 11.6 Å². The molecule has 0 fully saturated rings. The van der Waals surface area contributed by atoms with E-state index in [1.54, 1.807) is 16.5 Å². The van der Waals surface area contributed by atoms with E-state index in [9.17, 15) is 4.79 Å². The molecule has 0 atom stereocenters. The summed E-state index contributed by atoms with van der Waals surface area (Å²) in [4.78, 5) is 21.7. The molecule has 194 valence electrons. The molecule has 0 aliphatic carbocycles. The fraction of sp³-hybridized carbons (Fsp3) is 0.593. The molecule has 0 spiro atoms. The quantitative estimate of drug-likeness (QED) is 0.263. The SMILES string of the molecule is CC.CCCCN(CCC)Sc1ccc(OCCC)c(-c2nn3c(CCC)nc(C)c3c(=O)[nH]2)c1. The average molecular weight is 502 g/mol. The molecule has 0 aliphatic rings. The number of aryl methyl sites for hydroxylation is 2. The number of benzene rings is 1. The van der Waals surface area contributed by atoms with Gasteiger partial charge >= 0.3 is 0 Å². The average Bonchev–Trinajstić information content (AvgIpc) is 3.18. The second-order valence-corrected chi connectivity index (χ2v) is 9.48. The Morgan fingerprint density at radius 3 is 2.49 bits per heavy atom. The van der Waals surface area contributed by atoms with E-state index in [2.05, 4.69) is 54.1 Å². The molecule has 7 nitrogen and oxygen atoms in total. The summed E-state index contributed by atoms with van der Waals surface area (Å²) >= 11 is 1.76. The van der Waals surface area contributed by atoms with E-state index in [1.807, 2.05) is 26.8 Å². The topological polar surface area (TPSA) is 75.5 Å². The van der Waals surface area contributed by atoms with Gasteiger partial charge < -0.3 is 9.72 Å². The van der Waals surface area contributed by atoms with Gasteiger partial charge in [0.2, 0.25) is 0 Å². The van der Waals surface area contributed by atoms with Crippen LogP contribution in [0.1, 0.15) is 85.2 Å². The molecule has 0 aliphatic heterocycles. The first-order chi connectivity index (χ1) is 17.0. The largest absolute Gasteiger partial charge is 0.493 e. The van der Waals surface area contributed by atoms with Crippen LogP contribution in [0.25, 0.3) is 16.9 Å². The predicted molar refractivity (Wildman–Crippen MR) is 148 cm³/mol. The van der Waals surface area contributed by atoms with Crippen molar-refractivity contribution in [2.24, 2.45) is 0 Å². The van der Waals surface area contributed by atoms with Gasteiger partial charge in [-0.2, -0.15) is 0 Å². The number of aromatic nitrogens is 4. The summed E-state index contributed by atoms with van der Waals surface area (Å²) in [6, 6.07) is 6.17. The van der Waals surface area contributed by atoms with E-state index in [0.717, 1.165) is 60.8 Å². The minimum Gasteiger partial charge on any atom is -0.493 e. The van der Waals surface area contributed by atoms with Gasteiger partial charge in [-0.15, -0.1) is 5.10 Å². The maximum Gasteiger partial charge on any atom is 0.277 e. The van der Waals surface area contributed by atoms with E-state index in [0.29, 0.717) is 23.6 Å². The highest BCUT2D eigenvalue weighted by Crippen LogP contribution is 2.34. The van der Waals surface area contributed by atoms with E-state index in [1.165, 1.54) is 12.8 Å². The van der Waals surface area contributed by atoms with Crippen LogP contribution in [0.2, 0.25) is 0 Å². The van der Waals surface area contributed by atoms with Crippen molar-refractivity contribution < 1.29 is 4.74 Å². The van der Waals surface area contributed by atoms with Crippen molar-refractivity contribution >= 4 is 17.5 Å². The third kappa shape index (κ3) is 7.58. The molecular formula is C27H43N5O2S. The van der Waals surface area contributed by atoms with Crippen LogP contribution in [0.5, 0.6) is 5.75 Å². The Morgan fingerprint density at radius 2 is 1.83 bits per heavy atom. The lowest BCUT2D eigenvalue weighted by Crippen LogP contribution is -2.18. The van der Waals surface area contributed by atoms with Gasteiger partial charge in [0.25, 0.3) is 5.56 Å². The summed E-state index contributed by atoms with van der Waals surface area (Å²) in [6.07, 6.45) is 6.05. The van der Waals surface area contributed by atoms with E-state index in [-0.39, 0.29) is 5.56 Å². The Morgan fingerprint density at radius 1 is 1.06 bits per heavy atom. The molecule has 1 N–H and O–H groups in total. The summed E-state index contributed by atoms with van der Waals surface area (Å²) in [5.41, 5.74) is 1.84. The van der Waals surface area contributed by atoms with Crippen LogP contribution in [0.4, 0.5) is 0 Å². The van der Waals surface area contributed by atoms with Gasteiger partial charge in [-0.25, -0.2) is 13.8 Å². The minimum atomic E-state index is -0.178. The van der Waals surface area contributed by atoms with Crippen LogP contribution >= 0.6 is 11.9 Å². The number of nitrogens with zero attached hydrogens (tertiary/aromatic N) is 4. The summed E-state index contributed by atoms with van der Waals surface area (Å²) in [7, 11) is 0. The molecular weight excluding hydrogens is 458 g/mol. The number of hydrogen-bond acceptors (Lipinski definition) is 6. The zero-order valence-corrected chi connectivity index (χ0v) is 23.4. The molecule has 0 saturated carbocycles. The summed E-state index contributed by atoms with van der Waals surface area (Å²) in [5.74, 6) is 2.05. The van der Waals surface area contributed by atoms with Crippen molar-refractivity contribution in [2.45, 2.75) is 91.9 Å². The van der Waals surface area contributed by atoms with Crippen LogP contribution in [-0.2, 0) is 6.42 Å². The highest BCUT2D eigenvalue weighted by atomic mass is 32.2. The fourth-order valence-corrected chi connectivity index (χ4v) is 4.86. The van der Waals surface area contributed by atoms with Crippen molar-refractivity contribution in [3.05, 3.63) is 40.1 Å². The van der Waals surface area contributed by atoms with Crippen molar-refractivity contribution in [3.63, 3.8) is 0 Å². The van der Waals surface area contributed by atoms with Crippen LogP contribution in [0.15, 0.2) is 27.9 Å². The van der Waals surface area contributed by atoms with Gasteiger partial charge in [-0.1, -0.05) is 48.0 Å². The molecule has 0 unspecified atom stereocenters. The fourth-order valence-electron chi connectivity index (χ4n) is 3.77. The lowest BCUT2D eigenvalue weighted by atomic mass is 10.2. The molecule has 2 aromatic heterocycles. The molecule has 8 heteroatoms. The normalized spacial score (nSPS) is 11.1. The lowest BCUT2D eigenvalue weighted by Gasteiger charge is -2.21. The van der Waals surface area contributed by atoms with Crippen molar-refractivity contribution in [1.82, 2.24) is 23.9 Å². The number of rotatable bonds is 13. The van der Waals surface area contributed by atoms with Crippen molar-refractivity contribution in [1.29, 1.82) is 0 Å². The molecule has 1 aromatic carbocycles. The number of nitrogens with one attached hydrogen (secondary N) is 1. The maximum absolute atomic E-state index is 13.0. The Kier molecular flexibility index (Phi) is 12.3. The molecule has 0 bridgehead atoms. The highest BCUT2D eigenvalue weighted by Gasteiger charge is 2.18. The zero-order chi connectivity index (χ0) is 25.8. The first kappa shape index (κ1) is 28.9. The summed E-state index contributed by atoms with van der Waals surface area (Å²) in [5, 5.41) is 4.82. The molecule has 2 heterocycles. The zero-order valence-electron chi connectivity index (χ0n) is 22.6.